The summed E-state index contributed by atoms with van der Waals surface area (Å²) in [6, 6.07) is 15.4. The number of nitrogens with zero attached hydrogens (tertiary/aromatic N) is 1. The Labute approximate surface area is 205 Å². The largest absolute Gasteiger partial charge is 0.507 e. The minimum atomic E-state index is -0.785. The van der Waals surface area contributed by atoms with Crippen molar-refractivity contribution in [2.75, 3.05) is 13.7 Å². The average molecular weight is 487 g/mol. The zero-order valence-corrected chi connectivity index (χ0v) is 19.7. The van der Waals surface area contributed by atoms with Gasteiger partial charge in [-0.25, -0.2) is 4.79 Å². The number of thiophene rings is 1. The maximum Gasteiger partial charge on any atom is 0.337 e. The number of benzene rings is 2. The number of ether oxygens (including phenoxy) is 1. The van der Waals surface area contributed by atoms with Crippen molar-refractivity contribution in [2.24, 2.45) is 0 Å². The topological polar surface area (TPSA) is 99.7 Å². The van der Waals surface area contributed by atoms with Crippen LogP contribution in [0.2, 0.25) is 0 Å². The Hall–Kier alpha value is -4.17. The number of nitrogens with one attached hydrogen (secondary N) is 1. The lowest BCUT2D eigenvalue weighted by atomic mass is 9.95. The van der Waals surface area contributed by atoms with Crippen molar-refractivity contribution in [3.8, 4) is 0 Å². The quantitative estimate of drug-likeness (QED) is 0.178. The zero-order valence-electron chi connectivity index (χ0n) is 18.9. The maximum atomic E-state index is 13.2. The molecule has 1 atom stereocenters. The number of Topliss-reactive ketones (excluding diaryl/α,β-unsaturated/α-hetero) is 1. The van der Waals surface area contributed by atoms with Crippen molar-refractivity contribution in [1.82, 2.24) is 9.88 Å². The van der Waals surface area contributed by atoms with Crippen LogP contribution < -0.4 is 0 Å². The predicted molar refractivity (Wildman–Crippen MR) is 133 cm³/mol. The number of aliphatic hydroxyl groups is 1. The number of carbonyl (C=O) groups is 3. The molecule has 0 radical (unpaired) electrons. The van der Waals surface area contributed by atoms with E-state index < -0.39 is 23.7 Å². The summed E-state index contributed by atoms with van der Waals surface area (Å²) in [6.07, 6.45) is 2.43. The van der Waals surface area contributed by atoms with Gasteiger partial charge in [0, 0.05) is 34.6 Å². The van der Waals surface area contributed by atoms with Gasteiger partial charge in [0.25, 0.3) is 11.7 Å². The molecule has 176 valence electrons. The van der Waals surface area contributed by atoms with Gasteiger partial charge < -0.3 is 19.7 Å². The van der Waals surface area contributed by atoms with Crippen LogP contribution in [0, 0.1) is 0 Å². The predicted octanol–water partition coefficient (Wildman–Crippen LogP) is 4.68. The average Bonchev–Trinajstić information content (AvgIpc) is 3.62. The Morgan fingerprint density at radius 2 is 1.86 bits per heavy atom. The first-order valence-electron chi connectivity index (χ1n) is 11.0. The number of methoxy groups -OCH3 is 1. The fourth-order valence-corrected chi connectivity index (χ4v) is 5.15. The third-order valence-electron chi connectivity index (χ3n) is 6.28. The molecule has 2 aromatic carbocycles. The van der Waals surface area contributed by atoms with E-state index in [2.05, 4.69) is 4.98 Å². The molecule has 2 aromatic heterocycles. The van der Waals surface area contributed by atoms with Crippen molar-refractivity contribution in [2.45, 2.75) is 12.5 Å². The number of likely N-dealkylation sites (tertiary alicyclic amines) is 1. The minimum absolute atomic E-state index is 0.0399. The van der Waals surface area contributed by atoms with Gasteiger partial charge in [-0.15, -0.1) is 0 Å². The van der Waals surface area contributed by atoms with Crippen LogP contribution in [0.3, 0.4) is 0 Å². The molecule has 0 bridgehead atoms. The van der Waals surface area contributed by atoms with Gasteiger partial charge >= 0.3 is 5.97 Å². The van der Waals surface area contributed by atoms with Crippen LogP contribution in [0.5, 0.6) is 0 Å². The van der Waals surface area contributed by atoms with E-state index in [9.17, 15) is 19.5 Å². The number of esters is 1. The minimum Gasteiger partial charge on any atom is -0.507 e. The van der Waals surface area contributed by atoms with E-state index in [0.29, 0.717) is 23.1 Å². The normalized spacial score (nSPS) is 17.3. The summed E-state index contributed by atoms with van der Waals surface area (Å²) in [7, 11) is 1.30. The van der Waals surface area contributed by atoms with E-state index in [4.69, 9.17) is 4.74 Å². The Morgan fingerprint density at radius 1 is 1.09 bits per heavy atom. The number of H-pyrrole nitrogens is 1. The molecular formula is C27H22N2O5S. The first-order chi connectivity index (χ1) is 17.0. The van der Waals surface area contributed by atoms with Gasteiger partial charge in [-0.1, -0.05) is 30.3 Å². The summed E-state index contributed by atoms with van der Waals surface area (Å²) >= 11 is 1.38. The zero-order chi connectivity index (χ0) is 24.5. The molecule has 1 fully saturated rings. The van der Waals surface area contributed by atoms with Crippen molar-refractivity contribution in [3.63, 3.8) is 0 Å². The molecule has 4 aromatic rings. The molecule has 1 amide bonds. The molecule has 1 aliphatic heterocycles. The molecule has 0 saturated carbocycles. The first-order valence-corrected chi connectivity index (χ1v) is 12.0. The molecule has 1 unspecified atom stereocenters. The number of ketones is 1. The van der Waals surface area contributed by atoms with E-state index in [-0.39, 0.29) is 17.9 Å². The van der Waals surface area contributed by atoms with Crippen molar-refractivity contribution >= 4 is 45.7 Å². The summed E-state index contributed by atoms with van der Waals surface area (Å²) < 4.78 is 4.77. The number of para-hydroxylation sites is 1. The fourth-order valence-electron chi connectivity index (χ4n) is 4.51. The van der Waals surface area contributed by atoms with Gasteiger partial charge in [0.2, 0.25) is 0 Å². The smallest absolute Gasteiger partial charge is 0.337 e. The molecule has 3 heterocycles. The van der Waals surface area contributed by atoms with Gasteiger partial charge in [0.15, 0.2) is 0 Å². The number of amides is 1. The summed E-state index contributed by atoms with van der Waals surface area (Å²) in [6.45, 7) is 0.274. The summed E-state index contributed by atoms with van der Waals surface area (Å²) in [4.78, 5) is 42.9. The number of hydrogen-bond acceptors (Lipinski definition) is 6. The molecule has 1 aliphatic rings. The molecule has 5 rings (SSSR count). The van der Waals surface area contributed by atoms with Gasteiger partial charge in [0.1, 0.15) is 5.76 Å². The molecule has 2 N–H and O–H groups in total. The second kappa shape index (κ2) is 9.23. The SMILES string of the molecule is COC(=O)c1ccc(C2C(=C(O)c3ccsc3)C(=O)C(=O)N2CCc2c[nH]c3ccccc23)cc1. The van der Waals surface area contributed by atoms with E-state index in [1.54, 1.807) is 41.1 Å². The molecule has 0 aliphatic carbocycles. The number of hydrogen-bond donors (Lipinski definition) is 2. The van der Waals surface area contributed by atoms with E-state index >= 15 is 0 Å². The van der Waals surface area contributed by atoms with Crippen LogP contribution in [0.1, 0.15) is 33.1 Å². The number of fused-ring (bicyclic) bond motifs is 1. The Bertz CT molecular complexity index is 1450. The van der Waals surface area contributed by atoms with Crippen LogP contribution in [0.15, 0.2) is 77.1 Å². The second-order valence-electron chi connectivity index (χ2n) is 8.23. The highest BCUT2D eigenvalue weighted by atomic mass is 32.1. The van der Waals surface area contributed by atoms with Gasteiger partial charge in [-0.3, -0.25) is 9.59 Å². The molecule has 0 spiro atoms. The molecular weight excluding hydrogens is 464 g/mol. The number of aromatic nitrogens is 1. The standard InChI is InChI=1S/C27H22N2O5S/c1-34-27(33)17-8-6-16(7-9-17)23-22(24(30)19-11-13-35-15-19)25(31)26(32)29(23)12-10-18-14-28-21-5-3-2-4-20(18)21/h2-9,11,13-15,23,28,30H,10,12H2,1H3. The second-order valence-corrected chi connectivity index (χ2v) is 9.01. The maximum absolute atomic E-state index is 13.2. The number of carbonyl (C=O) groups excluding carboxylic acids is 3. The van der Waals surface area contributed by atoms with Crippen LogP contribution in [0.25, 0.3) is 16.7 Å². The lowest BCUT2D eigenvalue weighted by Crippen LogP contribution is -2.31. The Morgan fingerprint density at radius 3 is 2.57 bits per heavy atom. The summed E-state index contributed by atoms with van der Waals surface area (Å²) in [5.74, 6) is -2.08. The van der Waals surface area contributed by atoms with Crippen LogP contribution in [-0.4, -0.2) is 46.3 Å². The van der Waals surface area contributed by atoms with Crippen LogP contribution in [0.4, 0.5) is 0 Å². The van der Waals surface area contributed by atoms with Gasteiger partial charge in [0.05, 0.1) is 24.3 Å². The molecule has 7 nitrogen and oxygen atoms in total. The van der Waals surface area contributed by atoms with Crippen LogP contribution >= 0.6 is 11.3 Å². The van der Waals surface area contributed by atoms with Crippen molar-refractivity contribution in [3.05, 3.63) is 99.4 Å². The highest BCUT2D eigenvalue weighted by Gasteiger charge is 2.46. The number of aliphatic hydroxyl groups excluding tert-OH is 1. The lowest BCUT2D eigenvalue weighted by molar-refractivity contribution is -0.139. The third-order valence-corrected chi connectivity index (χ3v) is 6.96. The highest BCUT2D eigenvalue weighted by Crippen LogP contribution is 2.40. The summed E-state index contributed by atoms with van der Waals surface area (Å²) in [5.41, 5.74) is 3.52. The van der Waals surface area contributed by atoms with E-state index in [1.165, 1.54) is 23.3 Å². The Kier molecular flexibility index (Phi) is 5.96. The van der Waals surface area contributed by atoms with Gasteiger partial charge in [-0.2, -0.15) is 11.3 Å². The highest BCUT2D eigenvalue weighted by molar-refractivity contribution is 7.08. The molecule has 8 heteroatoms. The lowest BCUT2D eigenvalue weighted by Gasteiger charge is -2.25. The number of rotatable bonds is 6. The van der Waals surface area contributed by atoms with Crippen molar-refractivity contribution in [1.29, 1.82) is 0 Å². The van der Waals surface area contributed by atoms with Crippen LogP contribution in [-0.2, 0) is 20.7 Å². The fraction of sp³-hybridized carbons (Fsp3) is 0.148. The molecule has 1 saturated heterocycles. The molecule has 35 heavy (non-hydrogen) atoms. The van der Waals surface area contributed by atoms with Crippen molar-refractivity contribution < 1.29 is 24.2 Å². The first kappa shape index (κ1) is 22.6. The Balaban J connectivity index is 1.55. The summed E-state index contributed by atoms with van der Waals surface area (Å²) in [5, 5.41) is 15.6. The monoisotopic (exact) mass is 486 g/mol. The third kappa shape index (κ3) is 4.02. The van der Waals surface area contributed by atoms with Gasteiger partial charge in [-0.05, 0) is 47.2 Å². The number of aromatic amines is 1. The van der Waals surface area contributed by atoms with E-state index in [0.717, 1.165) is 16.5 Å². The van der Waals surface area contributed by atoms with E-state index in [1.807, 2.05) is 30.5 Å².